The van der Waals surface area contributed by atoms with Gasteiger partial charge in [-0.05, 0) is 25.3 Å². The van der Waals surface area contributed by atoms with Gasteiger partial charge in [0.05, 0.1) is 12.3 Å². The highest BCUT2D eigenvalue weighted by atomic mass is 32.2. The standard InChI is InChI=1S/C18H25N5O2S/c1-14-3-2-4-15(11-14)13-26(24,25)22-8-5-16(6-9-22)18-21-20-17-12-19-7-10-23(17)18/h2-4,11,16,19H,5-10,12-13H2,1H3. The average Bonchev–Trinajstić information content (AvgIpc) is 3.05. The summed E-state index contributed by atoms with van der Waals surface area (Å²) in [4.78, 5) is 0. The molecule has 2 aliphatic heterocycles. The fourth-order valence-electron chi connectivity index (χ4n) is 3.91. The summed E-state index contributed by atoms with van der Waals surface area (Å²) in [6, 6.07) is 7.72. The summed E-state index contributed by atoms with van der Waals surface area (Å²) in [6.07, 6.45) is 1.61. The van der Waals surface area contributed by atoms with Gasteiger partial charge in [-0.2, -0.15) is 0 Å². The third-order valence-corrected chi connectivity index (χ3v) is 7.15. The lowest BCUT2D eigenvalue weighted by atomic mass is 9.97. The van der Waals surface area contributed by atoms with Gasteiger partial charge in [0.2, 0.25) is 10.0 Å². The minimum atomic E-state index is -3.28. The quantitative estimate of drug-likeness (QED) is 0.874. The van der Waals surface area contributed by atoms with E-state index in [2.05, 4.69) is 20.1 Å². The predicted octanol–water partition coefficient (Wildman–Crippen LogP) is 1.40. The van der Waals surface area contributed by atoms with Crippen LogP contribution in [0.4, 0.5) is 0 Å². The summed E-state index contributed by atoms with van der Waals surface area (Å²) >= 11 is 0. The van der Waals surface area contributed by atoms with Gasteiger partial charge >= 0.3 is 0 Å². The van der Waals surface area contributed by atoms with Crippen LogP contribution in [0.3, 0.4) is 0 Å². The van der Waals surface area contributed by atoms with Crippen molar-refractivity contribution in [3.05, 3.63) is 47.0 Å². The van der Waals surface area contributed by atoms with Crippen LogP contribution in [0.25, 0.3) is 0 Å². The molecular weight excluding hydrogens is 350 g/mol. The van der Waals surface area contributed by atoms with Crippen molar-refractivity contribution < 1.29 is 8.42 Å². The minimum Gasteiger partial charge on any atom is -0.312 e. The summed E-state index contributed by atoms with van der Waals surface area (Å²) in [5.41, 5.74) is 1.94. The van der Waals surface area contributed by atoms with E-state index in [9.17, 15) is 8.42 Å². The van der Waals surface area contributed by atoms with Crippen LogP contribution in [0, 0.1) is 6.92 Å². The number of hydrogen-bond acceptors (Lipinski definition) is 5. The van der Waals surface area contributed by atoms with Crippen LogP contribution >= 0.6 is 0 Å². The second kappa shape index (κ2) is 7.09. The Hall–Kier alpha value is -1.77. The first kappa shape index (κ1) is 17.6. The molecule has 0 bridgehead atoms. The number of hydrogen-bond donors (Lipinski definition) is 1. The van der Waals surface area contributed by atoms with E-state index < -0.39 is 10.0 Å². The molecule has 26 heavy (non-hydrogen) atoms. The van der Waals surface area contributed by atoms with Crippen LogP contribution < -0.4 is 5.32 Å². The number of piperidine rings is 1. The fraction of sp³-hybridized carbons (Fsp3) is 0.556. The Labute approximate surface area is 154 Å². The van der Waals surface area contributed by atoms with E-state index in [0.717, 1.165) is 55.3 Å². The summed E-state index contributed by atoms with van der Waals surface area (Å²) < 4.78 is 29.4. The molecule has 7 nitrogen and oxygen atoms in total. The van der Waals surface area contributed by atoms with Crippen molar-refractivity contribution in [1.29, 1.82) is 0 Å². The highest BCUT2D eigenvalue weighted by Crippen LogP contribution is 2.29. The number of fused-ring (bicyclic) bond motifs is 1. The number of nitrogens with one attached hydrogen (secondary N) is 1. The number of nitrogens with zero attached hydrogens (tertiary/aromatic N) is 4. The van der Waals surface area contributed by atoms with Crippen LogP contribution in [0.2, 0.25) is 0 Å². The van der Waals surface area contributed by atoms with Gasteiger partial charge in [-0.25, -0.2) is 12.7 Å². The van der Waals surface area contributed by atoms with Crippen molar-refractivity contribution in [3.8, 4) is 0 Å². The highest BCUT2D eigenvalue weighted by molar-refractivity contribution is 7.88. The van der Waals surface area contributed by atoms with E-state index in [1.54, 1.807) is 4.31 Å². The Balaban J connectivity index is 1.42. The molecule has 1 aromatic heterocycles. The molecule has 1 saturated heterocycles. The van der Waals surface area contributed by atoms with E-state index in [4.69, 9.17) is 0 Å². The zero-order valence-corrected chi connectivity index (χ0v) is 15.9. The molecule has 1 fully saturated rings. The number of sulfonamides is 1. The molecule has 3 heterocycles. The second-order valence-corrected chi connectivity index (χ2v) is 9.19. The Morgan fingerprint density at radius 3 is 2.77 bits per heavy atom. The number of aryl methyl sites for hydroxylation is 1. The number of benzene rings is 1. The Morgan fingerprint density at radius 2 is 2.00 bits per heavy atom. The Bertz CT molecular complexity index is 885. The van der Waals surface area contributed by atoms with Gasteiger partial charge in [0, 0.05) is 32.1 Å². The van der Waals surface area contributed by atoms with E-state index in [-0.39, 0.29) is 5.75 Å². The van der Waals surface area contributed by atoms with Crippen molar-refractivity contribution in [2.45, 2.75) is 44.5 Å². The van der Waals surface area contributed by atoms with Crippen molar-refractivity contribution >= 4 is 10.0 Å². The molecule has 0 radical (unpaired) electrons. The molecular formula is C18H25N5O2S. The number of rotatable bonds is 4. The van der Waals surface area contributed by atoms with Crippen LogP contribution in [-0.2, 0) is 28.9 Å². The summed E-state index contributed by atoms with van der Waals surface area (Å²) in [5.74, 6) is 2.38. The topological polar surface area (TPSA) is 80.1 Å². The Morgan fingerprint density at radius 1 is 1.19 bits per heavy atom. The van der Waals surface area contributed by atoms with Crippen molar-refractivity contribution in [1.82, 2.24) is 24.4 Å². The first-order chi connectivity index (χ1) is 12.5. The molecule has 2 aromatic rings. The van der Waals surface area contributed by atoms with Gasteiger partial charge in [0.15, 0.2) is 0 Å². The largest absolute Gasteiger partial charge is 0.312 e. The Kier molecular flexibility index (Phi) is 4.81. The summed E-state index contributed by atoms with van der Waals surface area (Å²) in [6.45, 7) is 5.68. The first-order valence-electron chi connectivity index (χ1n) is 9.19. The molecule has 0 atom stereocenters. The van der Waals surface area contributed by atoms with Crippen LogP contribution in [0.5, 0.6) is 0 Å². The molecule has 1 aromatic carbocycles. The molecule has 0 aliphatic carbocycles. The highest BCUT2D eigenvalue weighted by Gasteiger charge is 2.31. The van der Waals surface area contributed by atoms with Gasteiger partial charge in [0.1, 0.15) is 11.6 Å². The van der Waals surface area contributed by atoms with E-state index in [1.807, 2.05) is 31.2 Å². The molecule has 0 saturated carbocycles. The lowest BCUT2D eigenvalue weighted by Gasteiger charge is -2.31. The molecule has 8 heteroatoms. The predicted molar refractivity (Wildman–Crippen MR) is 99.1 cm³/mol. The second-order valence-electron chi connectivity index (χ2n) is 7.22. The smallest absolute Gasteiger partial charge is 0.218 e. The third-order valence-electron chi connectivity index (χ3n) is 5.30. The van der Waals surface area contributed by atoms with Gasteiger partial charge < -0.3 is 9.88 Å². The maximum absolute atomic E-state index is 12.8. The van der Waals surface area contributed by atoms with Crippen LogP contribution in [0.15, 0.2) is 24.3 Å². The average molecular weight is 375 g/mol. The summed E-state index contributed by atoms with van der Waals surface area (Å²) in [5, 5.41) is 12.0. The SMILES string of the molecule is Cc1cccc(CS(=O)(=O)N2CCC(c3nnc4n3CCNC4)CC2)c1. The molecule has 0 spiro atoms. The fourth-order valence-corrected chi connectivity index (χ4v) is 5.46. The zero-order chi connectivity index (χ0) is 18.1. The van der Waals surface area contributed by atoms with Crippen LogP contribution in [-0.4, -0.2) is 47.1 Å². The van der Waals surface area contributed by atoms with Gasteiger partial charge in [-0.3, -0.25) is 0 Å². The maximum Gasteiger partial charge on any atom is 0.218 e. The number of aromatic nitrogens is 3. The van der Waals surface area contributed by atoms with E-state index in [1.165, 1.54) is 0 Å². The third kappa shape index (κ3) is 3.54. The van der Waals surface area contributed by atoms with Gasteiger partial charge in [-0.15, -0.1) is 10.2 Å². The zero-order valence-electron chi connectivity index (χ0n) is 15.1. The normalized spacial score (nSPS) is 19.4. The lowest BCUT2D eigenvalue weighted by molar-refractivity contribution is 0.306. The molecule has 0 amide bonds. The minimum absolute atomic E-state index is 0.0747. The first-order valence-corrected chi connectivity index (χ1v) is 10.8. The van der Waals surface area contributed by atoms with Crippen molar-refractivity contribution in [2.75, 3.05) is 19.6 Å². The van der Waals surface area contributed by atoms with Gasteiger partial charge in [-0.1, -0.05) is 29.8 Å². The monoisotopic (exact) mass is 375 g/mol. The molecule has 140 valence electrons. The van der Waals surface area contributed by atoms with Crippen LogP contribution in [0.1, 0.15) is 41.5 Å². The molecule has 0 unspecified atom stereocenters. The van der Waals surface area contributed by atoms with E-state index >= 15 is 0 Å². The maximum atomic E-state index is 12.8. The summed E-state index contributed by atoms with van der Waals surface area (Å²) in [7, 11) is -3.28. The van der Waals surface area contributed by atoms with Gasteiger partial charge in [0.25, 0.3) is 0 Å². The lowest BCUT2D eigenvalue weighted by Crippen LogP contribution is -2.39. The molecule has 2 aliphatic rings. The van der Waals surface area contributed by atoms with Crippen molar-refractivity contribution in [3.63, 3.8) is 0 Å². The molecule has 4 rings (SSSR count). The van der Waals surface area contributed by atoms with Crippen molar-refractivity contribution in [2.24, 2.45) is 0 Å². The van der Waals surface area contributed by atoms with E-state index in [0.29, 0.717) is 19.0 Å². The molecule has 1 N–H and O–H groups in total.